The third-order valence-electron chi connectivity index (χ3n) is 3.26. The number of carbonyl (C=O) groups excluding carboxylic acids is 1. The van der Waals surface area contributed by atoms with Crippen LogP contribution in [-0.2, 0) is 0 Å². The third-order valence-corrected chi connectivity index (χ3v) is 4.56. The van der Waals surface area contributed by atoms with Crippen LogP contribution in [0.1, 0.15) is 10.4 Å². The maximum Gasteiger partial charge on any atom is 0.255 e. The maximum absolute atomic E-state index is 12.4. The molecule has 1 amide bonds. The van der Waals surface area contributed by atoms with Crippen LogP contribution in [0.15, 0.2) is 47.8 Å². The number of halogens is 2. The monoisotopic (exact) mass is 377 g/mol. The molecule has 0 unspecified atom stereocenters. The molecule has 1 heterocycles. The summed E-state index contributed by atoms with van der Waals surface area (Å²) in [5.74, 6) is -0.272. The number of rotatable bonds is 4. The normalized spacial score (nSPS) is 10.5. The van der Waals surface area contributed by atoms with Crippen LogP contribution in [0.25, 0.3) is 11.3 Å². The third kappa shape index (κ3) is 3.87. The second-order valence-electron chi connectivity index (χ2n) is 4.98. The Balaban J connectivity index is 1.82. The molecule has 3 rings (SSSR count). The van der Waals surface area contributed by atoms with E-state index in [4.69, 9.17) is 23.2 Å². The maximum atomic E-state index is 12.4. The highest BCUT2D eigenvalue weighted by atomic mass is 35.5. The molecule has 0 saturated heterocycles. The van der Waals surface area contributed by atoms with Crippen molar-refractivity contribution in [1.29, 1.82) is 0 Å². The van der Waals surface area contributed by atoms with Crippen LogP contribution in [0.4, 0.5) is 10.8 Å². The van der Waals surface area contributed by atoms with E-state index in [0.29, 0.717) is 21.3 Å². The van der Waals surface area contributed by atoms with Gasteiger partial charge in [0, 0.05) is 39.3 Å². The van der Waals surface area contributed by atoms with Crippen molar-refractivity contribution in [3.8, 4) is 11.3 Å². The molecule has 1 aromatic heterocycles. The van der Waals surface area contributed by atoms with Gasteiger partial charge in [-0.25, -0.2) is 4.98 Å². The molecule has 3 aromatic rings. The van der Waals surface area contributed by atoms with E-state index < -0.39 is 0 Å². The minimum atomic E-state index is -0.272. The van der Waals surface area contributed by atoms with Crippen molar-refractivity contribution in [1.82, 2.24) is 4.98 Å². The summed E-state index contributed by atoms with van der Waals surface area (Å²) in [7, 11) is 1.83. The number of aromatic nitrogens is 1. The molecule has 122 valence electrons. The highest BCUT2D eigenvalue weighted by Crippen LogP contribution is 2.27. The van der Waals surface area contributed by atoms with Crippen molar-refractivity contribution in [2.75, 3.05) is 17.7 Å². The Bertz CT molecular complexity index is 875. The SMILES string of the molecule is CNc1nc(-c2cccc(NC(=O)c3cc(Cl)cc(Cl)c3)c2)cs1. The summed E-state index contributed by atoms with van der Waals surface area (Å²) < 4.78 is 0. The highest BCUT2D eigenvalue weighted by Gasteiger charge is 2.10. The Morgan fingerprint density at radius 1 is 1.12 bits per heavy atom. The van der Waals surface area contributed by atoms with Crippen molar-refractivity contribution in [2.45, 2.75) is 0 Å². The first-order valence-electron chi connectivity index (χ1n) is 7.06. The summed E-state index contributed by atoms with van der Waals surface area (Å²) in [6.07, 6.45) is 0. The van der Waals surface area contributed by atoms with Crippen LogP contribution in [0, 0.1) is 0 Å². The number of benzene rings is 2. The van der Waals surface area contributed by atoms with Gasteiger partial charge in [-0.3, -0.25) is 4.79 Å². The lowest BCUT2D eigenvalue weighted by Gasteiger charge is -2.07. The van der Waals surface area contributed by atoms with E-state index in [1.165, 1.54) is 11.3 Å². The number of amides is 1. The lowest BCUT2D eigenvalue weighted by molar-refractivity contribution is 0.102. The van der Waals surface area contributed by atoms with Gasteiger partial charge < -0.3 is 10.6 Å². The highest BCUT2D eigenvalue weighted by molar-refractivity contribution is 7.14. The second kappa shape index (κ2) is 7.21. The van der Waals surface area contributed by atoms with Gasteiger partial charge in [-0.2, -0.15) is 0 Å². The molecule has 2 N–H and O–H groups in total. The van der Waals surface area contributed by atoms with Gasteiger partial charge in [0.15, 0.2) is 5.13 Å². The van der Waals surface area contributed by atoms with Crippen molar-refractivity contribution in [3.63, 3.8) is 0 Å². The molecule has 0 aliphatic rings. The Kier molecular flexibility index (Phi) is 5.04. The molecule has 0 aliphatic heterocycles. The number of hydrogen-bond donors (Lipinski definition) is 2. The Morgan fingerprint density at radius 2 is 1.88 bits per heavy atom. The Hall–Kier alpha value is -2.08. The van der Waals surface area contributed by atoms with Gasteiger partial charge >= 0.3 is 0 Å². The smallest absolute Gasteiger partial charge is 0.255 e. The van der Waals surface area contributed by atoms with Crippen molar-refractivity contribution >= 4 is 51.3 Å². The molecule has 0 fully saturated rings. The number of anilines is 2. The van der Waals surface area contributed by atoms with Gasteiger partial charge in [0.05, 0.1) is 5.69 Å². The standard InChI is InChI=1S/C17H13Cl2N3OS/c1-20-17-22-15(9-24-17)10-3-2-4-14(7-10)21-16(23)11-5-12(18)8-13(19)6-11/h2-9H,1H3,(H,20,22)(H,21,23). The number of hydrogen-bond acceptors (Lipinski definition) is 4. The number of nitrogens with one attached hydrogen (secondary N) is 2. The number of carbonyl (C=O) groups is 1. The fourth-order valence-electron chi connectivity index (χ4n) is 2.17. The van der Waals surface area contributed by atoms with Gasteiger partial charge in [0.25, 0.3) is 5.91 Å². The van der Waals surface area contributed by atoms with Crippen LogP contribution < -0.4 is 10.6 Å². The lowest BCUT2D eigenvalue weighted by Crippen LogP contribution is -2.11. The van der Waals surface area contributed by atoms with Crippen molar-refractivity contribution < 1.29 is 4.79 Å². The molecule has 0 aliphatic carbocycles. The first kappa shape index (κ1) is 16.8. The van der Waals surface area contributed by atoms with E-state index in [-0.39, 0.29) is 5.91 Å². The molecule has 0 radical (unpaired) electrons. The van der Waals surface area contributed by atoms with Crippen LogP contribution in [0.5, 0.6) is 0 Å². The zero-order valence-electron chi connectivity index (χ0n) is 12.6. The summed E-state index contributed by atoms with van der Waals surface area (Å²) >= 11 is 13.4. The molecule has 0 atom stereocenters. The topological polar surface area (TPSA) is 54.0 Å². The molecule has 0 bridgehead atoms. The Labute approximate surface area is 153 Å². The first-order valence-corrected chi connectivity index (χ1v) is 8.70. The van der Waals surface area contributed by atoms with Gasteiger partial charge in [-0.15, -0.1) is 11.3 Å². The number of thiazole rings is 1. The zero-order chi connectivity index (χ0) is 17.1. The summed E-state index contributed by atoms with van der Waals surface area (Å²) in [6.45, 7) is 0. The molecule has 24 heavy (non-hydrogen) atoms. The molecule has 7 heteroatoms. The number of nitrogens with zero attached hydrogens (tertiary/aromatic N) is 1. The molecule has 0 saturated carbocycles. The summed E-state index contributed by atoms with van der Waals surface area (Å²) in [4.78, 5) is 16.8. The van der Waals surface area contributed by atoms with Crippen LogP contribution in [0.3, 0.4) is 0 Å². The fraction of sp³-hybridized carbons (Fsp3) is 0.0588. The van der Waals surface area contributed by atoms with E-state index in [1.54, 1.807) is 18.2 Å². The molecule has 0 spiro atoms. The molecular formula is C17H13Cl2N3OS. The molecular weight excluding hydrogens is 365 g/mol. The summed E-state index contributed by atoms with van der Waals surface area (Å²) in [5, 5.41) is 9.50. The minimum Gasteiger partial charge on any atom is -0.365 e. The van der Waals surface area contributed by atoms with Crippen molar-refractivity contribution in [2.24, 2.45) is 0 Å². The van der Waals surface area contributed by atoms with Gasteiger partial charge in [0.2, 0.25) is 0 Å². The summed E-state index contributed by atoms with van der Waals surface area (Å²) in [6, 6.07) is 12.2. The minimum absolute atomic E-state index is 0.272. The quantitative estimate of drug-likeness (QED) is 0.638. The van der Waals surface area contributed by atoms with Gasteiger partial charge in [-0.05, 0) is 30.3 Å². The lowest BCUT2D eigenvalue weighted by atomic mass is 10.1. The average Bonchev–Trinajstić information content (AvgIpc) is 3.03. The van der Waals surface area contributed by atoms with E-state index in [9.17, 15) is 4.79 Å². The predicted molar refractivity (Wildman–Crippen MR) is 102 cm³/mol. The first-order chi connectivity index (χ1) is 11.5. The molecule has 4 nitrogen and oxygen atoms in total. The Morgan fingerprint density at radius 3 is 2.54 bits per heavy atom. The molecule has 2 aromatic carbocycles. The predicted octanol–water partition coefficient (Wildman–Crippen LogP) is 5.41. The van der Waals surface area contributed by atoms with Crippen LogP contribution in [-0.4, -0.2) is 17.9 Å². The van der Waals surface area contributed by atoms with Crippen LogP contribution in [0.2, 0.25) is 10.0 Å². The van der Waals surface area contributed by atoms with E-state index >= 15 is 0 Å². The largest absolute Gasteiger partial charge is 0.365 e. The second-order valence-corrected chi connectivity index (χ2v) is 6.71. The van der Waals surface area contributed by atoms with E-state index in [1.807, 2.05) is 36.7 Å². The van der Waals surface area contributed by atoms with E-state index in [0.717, 1.165) is 16.4 Å². The van der Waals surface area contributed by atoms with Gasteiger partial charge in [-0.1, -0.05) is 35.3 Å². The van der Waals surface area contributed by atoms with E-state index in [2.05, 4.69) is 15.6 Å². The zero-order valence-corrected chi connectivity index (χ0v) is 15.0. The summed E-state index contributed by atoms with van der Waals surface area (Å²) in [5.41, 5.74) is 2.86. The average molecular weight is 378 g/mol. The van der Waals surface area contributed by atoms with Crippen LogP contribution >= 0.6 is 34.5 Å². The van der Waals surface area contributed by atoms with Crippen molar-refractivity contribution in [3.05, 3.63) is 63.5 Å². The van der Waals surface area contributed by atoms with Gasteiger partial charge in [0.1, 0.15) is 0 Å². The fourth-order valence-corrected chi connectivity index (χ4v) is 3.37.